The van der Waals surface area contributed by atoms with Gasteiger partial charge in [0.05, 0.1) is 10.6 Å². The maximum atomic E-state index is 12.2. The molecular weight excluding hydrogens is 326 g/mol. The smallest absolute Gasteiger partial charge is 0.178 e. The van der Waals surface area contributed by atoms with E-state index in [1.165, 1.54) is 0 Å². The van der Waals surface area contributed by atoms with Crippen molar-refractivity contribution in [2.45, 2.75) is 11.3 Å². The second kappa shape index (κ2) is 5.75. The Balaban J connectivity index is 2.17. The van der Waals surface area contributed by atoms with Crippen molar-refractivity contribution in [1.29, 1.82) is 0 Å². The van der Waals surface area contributed by atoms with Crippen LogP contribution in [0.25, 0.3) is 0 Å². The Bertz CT molecular complexity index is 683. The highest BCUT2D eigenvalue weighted by atomic mass is 79.9. The lowest BCUT2D eigenvalue weighted by Gasteiger charge is -2.07. The quantitative estimate of drug-likeness (QED) is 0.871. The van der Waals surface area contributed by atoms with Crippen LogP contribution < -0.4 is 5.73 Å². The SMILES string of the molecule is Nc1ccccc1CCS(=O)(=O)c1cccc(Br)c1. The standard InChI is InChI=1S/C14H14BrNO2S/c15-12-5-3-6-13(10-12)19(17,18)9-8-11-4-1-2-7-14(11)16/h1-7,10H,8-9,16H2. The molecule has 2 aromatic rings. The Labute approximate surface area is 121 Å². The average Bonchev–Trinajstić information content (AvgIpc) is 2.38. The Morgan fingerprint density at radius 3 is 2.47 bits per heavy atom. The van der Waals surface area contributed by atoms with Gasteiger partial charge in [-0.15, -0.1) is 0 Å². The Hall–Kier alpha value is -1.33. The van der Waals surface area contributed by atoms with Crippen LogP contribution >= 0.6 is 15.9 Å². The van der Waals surface area contributed by atoms with Crippen LogP contribution in [0.4, 0.5) is 5.69 Å². The molecule has 0 fully saturated rings. The second-order valence-electron chi connectivity index (χ2n) is 4.23. The van der Waals surface area contributed by atoms with Crippen LogP contribution in [0.5, 0.6) is 0 Å². The van der Waals surface area contributed by atoms with Gasteiger partial charge in [0.25, 0.3) is 0 Å². The minimum absolute atomic E-state index is 0.0532. The van der Waals surface area contributed by atoms with E-state index in [9.17, 15) is 8.42 Å². The summed E-state index contributed by atoms with van der Waals surface area (Å²) in [7, 11) is -3.28. The number of sulfone groups is 1. The summed E-state index contributed by atoms with van der Waals surface area (Å²) in [5.41, 5.74) is 7.30. The second-order valence-corrected chi connectivity index (χ2v) is 7.25. The third-order valence-electron chi connectivity index (χ3n) is 2.85. The number of nitrogen functional groups attached to an aromatic ring is 1. The van der Waals surface area contributed by atoms with Gasteiger partial charge >= 0.3 is 0 Å². The minimum Gasteiger partial charge on any atom is -0.399 e. The summed E-state index contributed by atoms with van der Waals surface area (Å²) in [6.45, 7) is 0. The molecule has 0 aliphatic heterocycles. The fraction of sp³-hybridized carbons (Fsp3) is 0.143. The monoisotopic (exact) mass is 339 g/mol. The zero-order valence-electron chi connectivity index (χ0n) is 10.2. The molecule has 0 saturated carbocycles. The molecule has 3 nitrogen and oxygen atoms in total. The van der Waals surface area contributed by atoms with E-state index in [0.29, 0.717) is 17.0 Å². The van der Waals surface area contributed by atoms with Gasteiger partial charge in [-0.05, 0) is 36.2 Å². The van der Waals surface area contributed by atoms with Crippen molar-refractivity contribution in [3.63, 3.8) is 0 Å². The maximum Gasteiger partial charge on any atom is 0.178 e. The molecule has 2 rings (SSSR count). The summed E-state index contributed by atoms with van der Waals surface area (Å²) in [5.74, 6) is 0.0532. The van der Waals surface area contributed by atoms with E-state index in [1.807, 2.05) is 18.2 Å². The third kappa shape index (κ3) is 3.58. The number of hydrogen-bond donors (Lipinski definition) is 1. The van der Waals surface area contributed by atoms with Crippen LogP contribution in [0.1, 0.15) is 5.56 Å². The Morgan fingerprint density at radius 2 is 1.79 bits per heavy atom. The lowest BCUT2D eigenvalue weighted by molar-refractivity contribution is 0.595. The van der Waals surface area contributed by atoms with E-state index < -0.39 is 9.84 Å². The first-order valence-corrected chi connectivity index (χ1v) is 8.25. The van der Waals surface area contributed by atoms with Crippen molar-refractivity contribution in [2.24, 2.45) is 0 Å². The van der Waals surface area contributed by atoms with Gasteiger partial charge < -0.3 is 5.73 Å². The number of nitrogens with two attached hydrogens (primary N) is 1. The van der Waals surface area contributed by atoms with Crippen molar-refractivity contribution in [3.8, 4) is 0 Å². The van der Waals surface area contributed by atoms with Crippen molar-refractivity contribution < 1.29 is 8.42 Å². The van der Waals surface area contributed by atoms with Gasteiger partial charge in [0.2, 0.25) is 0 Å². The van der Waals surface area contributed by atoms with Crippen LogP contribution in [0, 0.1) is 0 Å². The molecule has 19 heavy (non-hydrogen) atoms. The zero-order valence-corrected chi connectivity index (χ0v) is 12.6. The van der Waals surface area contributed by atoms with Crippen molar-refractivity contribution in [1.82, 2.24) is 0 Å². The van der Waals surface area contributed by atoms with Gasteiger partial charge in [0.15, 0.2) is 9.84 Å². The third-order valence-corrected chi connectivity index (χ3v) is 5.06. The van der Waals surface area contributed by atoms with E-state index in [2.05, 4.69) is 15.9 Å². The van der Waals surface area contributed by atoms with Crippen LogP contribution in [0.3, 0.4) is 0 Å². The summed E-state index contributed by atoms with van der Waals surface area (Å²) < 4.78 is 25.2. The first-order chi connectivity index (χ1) is 8.99. The minimum atomic E-state index is -3.28. The molecule has 0 amide bonds. The van der Waals surface area contributed by atoms with Crippen LogP contribution in [-0.4, -0.2) is 14.2 Å². The molecule has 0 atom stereocenters. The highest BCUT2D eigenvalue weighted by Gasteiger charge is 2.15. The molecule has 0 aliphatic rings. The molecule has 2 N–H and O–H groups in total. The molecule has 0 aliphatic carbocycles. The Kier molecular flexibility index (Phi) is 4.27. The van der Waals surface area contributed by atoms with Gasteiger partial charge in [0.1, 0.15) is 0 Å². The number of halogens is 1. The fourth-order valence-electron chi connectivity index (χ4n) is 1.78. The molecule has 0 aromatic heterocycles. The van der Waals surface area contributed by atoms with Gasteiger partial charge in [-0.2, -0.15) is 0 Å². The molecule has 0 unspecified atom stereocenters. The summed E-state index contributed by atoms with van der Waals surface area (Å²) in [5, 5.41) is 0. The van der Waals surface area contributed by atoms with Crippen LogP contribution in [0.2, 0.25) is 0 Å². The van der Waals surface area contributed by atoms with Crippen molar-refractivity contribution in [2.75, 3.05) is 11.5 Å². The number of aryl methyl sites for hydroxylation is 1. The topological polar surface area (TPSA) is 60.2 Å². The van der Waals surface area contributed by atoms with E-state index in [-0.39, 0.29) is 5.75 Å². The summed E-state index contributed by atoms with van der Waals surface area (Å²) in [6.07, 6.45) is 0.418. The predicted molar refractivity (Wildman–Crippen MR) is 80.8 cm³/mol. The molecule has 5 heteroatoms. The summed E-state index contributed by atoms with van der Waals surface area (Å²) >= 11 is 3.28. The molecule has 2 aromatic carbocycles. The average molecular weight is 340 g/mol. The first kappa shape index (κ1) is 14.1. The van der Waals surface area contributed by atoms with Gasteiger partial charge in [-0.3, -0.25) is 0 Å². The number of benzene rings is 2. The molecule has 0 heterocycles. The van der Waals surface area contributed by atoms with E-state index in [1.54, 1.807) is 30.3 Å². The largest absolute Gasteiger partial charge is 0.399 e. The summed E-state index contributed by atoms with van der Waals surface area (Å²) in [6, 6.07) is 14.1. The highest BCUT2D eigenvalue weighted by Crippen LogP contribution is 2.19. The number of anilines is 1. The van der Waals surface area contributed by atoms with Crippen LogP contribution in [0.15, 0.2) is 57.9 Å². The maximum absolute atomic E-state index is 12.2. The van der Waals surface area contributed by atoms with Crippen LogP contribution in [-0.2, 0) is 16.3 Å². The first-order valence-electron chi connectivity index (χ1n) is 5.81. The molecule has 0 bridgehead atoms. The van der Waals surface area contributed by atoms with Gasteiger partial charge in [-0.1, -0.05) is 40.2 Å². The van der Waals surface area contributed by atoms with E-state index in [4.69, 9.17) is 5.73 Å². The Morgan fingerprint density at radius 1 is 1.05 bits per heavy atom. The zero-order chi connectivity index (χ0) is 13.9. The summed E-state index contributed by atoms with van der Waals surface area (Å²) in [4.78, 5) is 0.330. The number of hydrogen-bond acceptors (Lipinski definition) is 3. The molecule has 0 spiro atoms. The highest BCUT2D eigenvalue weighted by molar-refractivity contribution is 9.10. The predicted octanol–water partition coefficient (Wildman–Crippen LogP) is 3.05. The fourth-order valence-corrected chi connectivity index (χ4v) is 3.65. The van der Waals surface area contributed by atoms with Crippen molar-refractivity contribution in [3.05, 3.63) is 58.6 Å². The molecule has 0 radical (unpaired) electrons. The van der Waals surface area contributed by atoms with Crippen molar-refractivity contribution >= 4 is 31.5 Å². The lowest BCUT2D eigenvalue weighted by Crippen LogP contribution is -2.10. The van der Waals surface area contributed by atoms with E-state index in [0.717, 1.165) is 10.0 Å². The molecule has 0 saturated heterocycles. The number of rotatable bonds is 4. The molecule has 100 valence electrons. The molecular formula is C14H14BrNO2S. The van der Waals surface area contributed by atoms with Gasteiger partial charge in [-0.25, -0.2) is 8.42 Å². The lowest BCUT2D eigenvalue weighted by atomic mass is 10.1. The van der Waals surface area contributed by atoms with Gasteiger partial charge in [0, 0.05) is 10.2 Å². The van der Waals surface area contributed by atoms with E-state index >= 15 is 0 Å². The normalized spacial score (nSPS) is 11.4. The number of para-hydroxylation sites is 1.